The molecule has 1 unspecified atom stereocenters. The first-order valence-electron chi connectivity index (χ1n) is 5.44. The minimum Gasteiger partial charge on any atom is -0.309 e. The molecule has 100 valence electrons. The molecule has 0 radical (unpaired) electrons. The second kappa shape index (κ2) is 4.89. The van der Waals surface area contributed by atoms with Gasteiger partial charge in [-0.15, -0.1) is 0 Å². The number of hydrogen-bond donors (Lipinski definition) is 1. The van der Waals surface area contributed by atoms with Gasteiger partial charge in [-0.05, 0) is 24.1 Å². The molecule has 1 aromatic carbocycles. The maximum absolute atomic E-state index is 12.9. The number of halogens is 3. The van der Waals surface area contributed by atoms with Gasteiger partial charge in [-0.25, -0.2) is 21.6 Å². The number of hydrogen-bond acceptors (Lipinski definition) is 3. The van der Waals surface area contributed by atoms with Gasteiger partial charge >= 0.3 is 0 Å². The molecule has 0 saturated carbocycles. The van der Waals surface area contributed by atoms with Crippen LogP contribution < -0.4 is 5.32 Å². The lowest BCUT2D eigenvalue weighted by Crippen LogP contribution is -2.29. The Kier molecular flexibility index (Phi) is 3.63. The van der Waals surface area contributed by atoms with Crippen molar-refractivity contribution in [3.05, 3.63) is 35.1 Å². The van der Waals surface area contributed by atoms with Crippen LogP contribution in [-0.4, -0.2) is 26.0 Å². The summed E-state index contributed by atoms with van der Waals surface area (Å²) in [5.74, 6) is -3.84. The molecule has 3 nitrogen and oxygen atoms in total. The lowest BCUT2D eigenvalue weighted by Gasteiger charge is -2.10. The molecule has 0 aliphatic carbocycles. The van der Waals surface area contributed by atoms with Crippen molar-refractivity contribution in [3.8, 4) is 0 Å². The van der Waals surface area contributed by atoms with E-state index in [0.717, 1.165) is 12.1 Å². The van der Waals surface area contributed by atoms with Gasteiger partial charge in [0.2, 0.25) is 0 Å². The fraction of sp³-hybridized carbons (Fsp3) is 0.455. The normalized spacial score (nSPS) is 22.3. The molecule has 1 heterocycles. The zero-order valence-corrected chi connectivity index (χ0v) is 10.2. The first kappa shape index (κ1) is 13.4. The summed E-state index contributed by atoms with van der Waals surface area (Å²) in [6.07, 6.45) is 0.481. The molecule has 1 aliphatic rings. The Morgan fingerprint density at radius 3 is 2.33 bits per heavy atom. The molecular weight excluding hydrogens is 267 g/mol. The molecule has 7 heteroatoms. The second-order valence-electron chi connectivity index (χ2n) is 4.35. The largest absolute Gasteiger partial charge is 0.309 e. The molecule has 1 atom stereocenters. The Bertz CT molecular complexity index is 536. The quantitative estimate of drug-likeness (QED) is 0.850. The highest BCUT2D eigenvalue weighted by Crippen LogP contribution is 2.15. The third-order valence-corrected chi connectivity index (χ3v) is 4.64. The SMILES string of the molecule is O=S1(=O)CCC(NCc2cc(F)c(F)c(F)c2)C1. The third-order valence-electron chi connectivity index (χ3n) is 2.87. The average Bonchev–Trinajstić information content (AvgIpc) is 2.63. The maximum Gasteiger partial charge on any atom is 0.194 e. The van der Waals surface area contributed by atoms with Gasteiger partial charge in [0.05, 0.1) is 11.5 Å². The molecule has 1 aliphatic heterocycles. The smallest absolute Gasteiger partial charge is 0.194 e. The first-order chi connectivity index (χ1) is 8.37. The van der Waals surface area contributed by atoms with E-state index in [0.29, 0.717) is 6.42 Å². The summed E-state index contributed by atoms with van der Waals surface area (Å²) in [4.78, 5) is 0. The van der Waals surface area contributed by atoms with Crippen LogP contribution in [0.2, 0.25) is 0 Å². The lowest BCUT2D eigenvalue weighted by atomic mass is 10.2. The highest BCUT2D eigenvalue weighted by molar-refractivity contribution is 7.91. The molecule has 1 N–H and O–H groups in total. The van der Waals surface area contributed by atoms with Gasteiger partial charge in [0, 0.05) is 12.6 Å². The van der Waals surface area contributed by atoms with Crippen LogP contribution in [0.3, 0.4) is 0 Å². The van der Waals surface area contributed by atoms with E-state index in [1.54, 1.807) is 0 Å². The van der Waals surface area contributed by atoms with Gasteiger partial charge in [0.15, 0.2) is 27.3 Å². The number of sulfone groups is 1. The Labute approximate surface area is 103 Å². The molecule has 0 bridgehead atoms. The standard InChI is InChI=1S/C11H12F3NO2S/c12-9-3-7(4-10(13)11(9)14)5-15-8-1-2-18(16,17)6-8/h3-4,8,15H,1-2,5-6H2. The van der Waals surface area contributed by atoms with Gasteiger partial charge in [0.25, 0.3) is 0 Å². The molecule has 2 rings (SSSR count). The third kappa shape index (κ3) is 3.02. The monoisotopic (exact) mass is 279 g/mol. The van der Waals surface area contributed by atoms with Crippen LogP contribution in [-0.2, 0) is 16.4 Å². The van der Waals surface area contributed by atoms with Gasteiger partial charge in [-0.2, -0.15) is 0 Å². The molecule has 0 spiro atoms. The van der Waals surface area contributed by atoms with Crippen molar-refractivity contribution in [3.63, 3.8) is 0 Å². The lowest BCUT2D eigenvalue weighted by molar-refractivity contribution is 0.443. The summed E-state index contributed by atoms with van der Waals surface area (Å²) < 4.78 is 60.9. The average molecular weight is 279 g/mol. The number of rotatable bonds is 3. The molecule has 1 saturated heterocycles. The number of benzene rings is 1. The predicted molar refractivity (Wildman–Crippen MR) is 60.2 cm³/mol. The van der Waals surface area contributed by atoms with Gasteiger partial charge in [-0.1, -0.05) is 0 Å². The molecule has 1 aromatic rings. The molecule has 0 aromatic heterocycles. The molecule has 18 heavy (non-hydrogen) atoms. The van der Waals surface area contributed by atoms with Crippen molar-refractivity contribution in [2.75, 3.05) is 11.5 Å². The summed E-state index contributed by atoms with van der Waals surface area (Å²) in [5, 5.41) is 2.89. The van der Waals surface area contributed by atoms with Crippen LogP contribution in [0, 0.1) is 17.5 Å². The van der Waals surface area contributed by atoms with Crippen LogP contribution in [0.1, 0.15) is 12.0 Å². The molecule has 0 amide bonds. The topological polar surface area (TPSA) is 46.2 Å². The van der Waals surface area contributed by atoms with E-state index < -0.39 is 27.3 Å². The highest BCUT2D eigenvalue weighted by atomic mass is 32.2. The van der Waals surface area contributed by atoms with Crippen molar-refractivity contribution >= 4 is 9.84 Å². The van der Waals surface area contributed by atoms with Gasteiger partial charge in [-0.3, -0.25) is 0 Å². The van der Waals surface area contributed by atoms with Crippen LogP contribution in [0.15, 0.2) is 12.1 Å². The van der Waals surface area contributed by atoms with E-state index in [4.69, 9.17) is 0 Å². The Hall–Kier alpha value is -1.08. The first-order valence-corrected chi connectivity index (χ1v) is 7.27. The van der Waals surface area contributed by atoms with E-state index in [9.17, 15) is 21.6 Å². The van der Waals surface area contributed by atoms with E-state index >= 15 is 0 Å². The van der Waals surface area contributed by atoms with Gasteiger partial charge in [0.1, 0.15) is 0 Å². The maximum atomic E-state index is 12.9. The summed E-state index contributed by atoms with van der Waals surface area (Å²) >= 11 is 0. The fourth-order valence-corrected chi connectivity index (χ4v) is 3.64. The van der Waals surface area contributed by atoms with Crippen LogP contribution in [0.5, 0.6) is 0 Å². The Morgan fingerprint density at radius 2 is 1.83 bits per heavy atom. The van der Waals surface area contributed by atoms with E-state index in [-0.39, 0.29) is 29.7 Å². The molecular formula is C11H12F3NO2S. The van der Waals surface area contributed by atoms with Crippen molar-refractivity contribution in [1.29, 1.82) is 0 Å². The minimum atomic E-state index is -2.99. The molecule has 1 fully saturated rings. The van der Waals surface area contributed by atoms with Gasteiger partial charge < -0.3 is 5.32 Å². The van der Waals surface area contributed by atoms with Crippen molar-refractivity contribution in [2.24, 2.45) is 0 Å². The minimum absolute atomic E-state index is 0.0269. The summed E-state index contributed by atoms with van der Waals surface area (Å²) in [7, 11) is -2.99. The zero-order valence-electron chi connectivity index (χ0n) is 9.42. The summed E-state index contributed by atoms with van der Waals surface area (Å²) in [6, 6.07) is 1.58. The predicted octanol–water partition coefficient (Wildman–Crippen LogP) is 1.38. The summed E-state index contributed by atoms with van der Waals surface area (Å²) in [6.45, 7) is 0.105. The van der Waals surface area contributed by atoms with E-state index in [1.165, 1.54) is 0 Å². The summed E-state index contributed by atoms with van der Waals surface area (Å²) in [5.41, 5.74) is 0.246. The second-order valence-corrected chi connectivity index (χ2v) is 6.58. The van der Waals surface area contributed by atoms with E-state index in [1.807, 2.05) is 0 Å². The Balaban J connectivity index is 1.99. The van der Waals surface area contributed by atoms with Crippen LogP contribution in [0.25, 0.3) is 0 Å². The van der Waals surface area contributed by atoms with Crippen molar-refractivity contribution in [2.45, 2.75) is 19.0 Å². The van der Waals surface area contributed by atoms with Crippen molar-refractivity contribution < 1.29 is 21.6 Å². The fourth-order valence-electron chi connectivity index (χ4n) is 1.93. The number of nitrogens with one attached hydrogen (secondary N) is 1. The van der Waals surface area contributed by atoms with E-state index in [2.05, 4.69) is 5.32 Å². The Morgan fingerprint density at radius 1 is 1.22 bits per heavy atom. The zero-order chi connectivity index (χ0) is 13.3. The van der Waals surface area contributed by atoms with Crippen LogP contribution >= 0.6 is 0 Å². The van der Waals surface area contributed by atoms with Crippen LogP contribution in [0.4, 0.5) is 13.2 Å². The van der Waals surface area contributed by atoms with Crippen molar-refractivity contribution in [1.82, 2.24) is 5.32 Å². The highest BCUT2D eigenvalue weighted by Gasteiger charge is 2.27.